The summed E-state index contributed by atoms with van der Waals surface area (Å²) in [5.74, 6) is -0.318. The van der Waals surface area contributed by atoms with Gasteiger partial charge in [0, 0.05) is 5.54 Å². The van der Waals surface area contributed by atoms with Crippen molar-refractivity contribution in [1.29, 1.82) is 0 Å². The Hall–Kier alpha value is -0.600. The average molecular weight is 256 g/mol. The molecule has 94 valence electrons. The van der Waals surface area contributed by atoms with Crippen molar-refractivity contribution in [3.05, 3.63) is 34.6 Å². The van der Waals surface area contributed by atoms with Gasteiger partial charge >= 0.3 is 0 Å². The van der Waals surface area contributed by atoms with Gasteiger partial charge in [-0.2, -0.15) is 0 Å². The van der Waals surface area contributed by atoms with Gasteiger partial charge in [-0.05, 0) is 50.4 Å². The molecular weight excluding hydrogens is 237 g/mol. The molecule has 0 amide bonds. The summed E-state index contributed by atoms with van der Waals surface area (Å²) in [4.78, 5) is 0. The van der Waals surface area contributed by atoms with Crippen LogP contribution in [0.3, 0.4) is 0 Å². The zero-order chi connectivity index (χ0) is 12.3. The molecule has 0 aromatic heterocycles. The van der Waals surface area contributed by atoms with Gasteiger partial charge in [0.15, 0.2) is 0 Å². The van der Waals surface area contributed by atoms with E-state index in [1.807, 2.05) is 6.07 Å². The summed E-state index contributed by atoms with van der Waals surface area (Å²) in [5.41, 5.74) is 1.11. The molecule has 2 rings (SSSR count). The Morgan fingerprint density at radius 3 is 2.94 bits per heavy atom. The second-order valence-electron chi connectivity index (χ2n) is 5.22. The quantitative estimate of drug-likeness (QED) is 0.844. The fraction of sp³-hybridized carbons (Fsp3) is 0.571. The van der Waals surface area contributed by atoms with E-state index in [-0.39, 0.29) is 16.4 Å². The third-order valence-corrected chi connectivity index (χ3v) is 3.84. The lowest BCUT2D eigenvalue weighted by atomic mass is 9.88. The first-order valence-corrected chi connectivity index (χ1v) is 6.66. The average Bonchev–Trinajstić information content (AvgIpc) is 2.49. The van der Waals surface area contributed by atoms with E-state index in [4.69, 9.17) is 11.6 Å². The van der Waals surface area contributed by atoms with Gasteiger partial charge in [-0.25, -0.2) is 4.39 Å². The summed E-state index contributed by atoms with van der Waals surface area (Å²) < 4.78 is 13.4. The van der Waals surface area contributed by atoms with E-state index in [1.54, 1.807) is 12.1 Å². The van der Waals surface area contributed by atoms with E-state index in [0.29, 0.717) is 0 Å². The minimum atomic E-state index is -0.318. The van der Waals surface area contributed by atoms with Crippen LogP contribution in [0, 0.1) is 5.82 Å². The van der Waals surface area contributed by atoms with Crippen LogP contribution in [0.1, 0.15) is 38.2 Å². The van der Waals surface area contributed by atoms with E-state index in [1.165, 1.54) is 19.3 Å². The van der Waals surface area contributed by atoms with Crippen LogP contribution < -0.4 is 5.32 Å². The highest BCUT2D eigenvalue weighted by atomic mass is 35.5. The fourth-order valence-electron chi connectivity index (χ4n) is 2.55. The van der Waals surface area contributed by atoms with Crippen LogP contribution in [0.4, 0.5) is 4.39 Å². The Labute approximate surface area is 107 Å². The largest absolute Gasteiger partial charge is 0.311 e. The van der Waals surface area contributed by atoms with Crippen molar-refractivity contribution in [2.75, 3.05) is 6.54 Å². The van der Waals surface area contributed by atoms with Crippen molar-refractivity contribution < 1.29 is 4.39 Å². The topological polar surface area (TPSA) is 12.0 Å². The van der Waals surface area contributed by atoms with Gasteiger partial charge in [0.1, 0.15) is 5.82 Å². The zero-order valence-corrected chi connectivity index (χ0v) is 11.0. The third kappa shape index (κ3) is 3.43. The molecule has 1 aromatic rings. The van der Waals surface area contributed by atoms with Crippen molar-refractivity contribution in [3.8, 4) is 0 Å². The standard InChI is InChI=1S/C14H19ClFN/c1-14(7-3-2-4-8-17-14)10-11-5-6-12(15)13(16)9-11/h5-6,9,17H,2-4,7-8,10H2,1H3. The number of hydrogen-bond acceptors (Lipinski definition) is 1. The molecular formula is C14H19ClFN. The molecule has 1 saturated heterocycles. The molecule has 1 atom stereocenters. The van der Waals surface area contributed by atoms with Crippen LogP contribution in [0.25, 0.3) is 0 Å². The summed E-state index contributed by atoms with van der Waals surface area (Å²) in [5, 5.41) is 3.79. The van der Waals surface area contributed by atoms with Crippen LogP contribution in [0.5, 0.6) is 0 Å². The summed E-state index contributed by atoms with van der Waals surface area (Å²) in [6, 6.07) is 5.12. The zero-order valence-electron chi connectivity index (χ0n) is 10.2. The molecule has 0 saturated carbocycles. The number of nitrogens with one attached hydrogen (secondary N) is 1. The molecule has 3 heteroatoms. The normalized spacial score (nSPS) is 25.6. The maximum absolute atomic E-state index is 13.4. The van der Waals surface area contributed by atoms with Gasteiger partial charge in [0.2, 0.25) is 0 Å². The molecule has 0 radical (unpaired) electrons. The van der Waals surface area contributed by atoms with Crippen LogP contribution in [-0.4, -0.2) is 12.1 Å². The van der Waals surface area contributed by atoms with Crippen LogP contribution in [-0.2, 0) is 6.42 Å². The minimum Gasteiger partial charge on any atom is -0.311 e. The number of rotatable bonds is 2. The molecule has 1 aromatic carbocycles. The first kappa shape index (κ1) is 12.8. The number of hydrogen-bond donors (Lipinski definition) is 1. The van der Waals surface area contributed by atoms with Crippen molar-refractivity contribution in [3.63, 3.8) is 0 Å². The lowest BCUT2D eigenvalue weighted by Gasteiger charge is -2.29. The Balaban J connectivity index is 2.10. The van der Waals surface area contributed by atoms with Gasteiger partial charge < -0.3 is 5.32 Å². The maximum atomic E-state index is 13.4. The second kappa shape index (κ2) is 5.36. The highest BCUT2D eigenvalue weighted by Gasteiger charge is 2.25. The van der Waals surface area contributed by atoms with Crippen LogP contribution in [0.2, 0.25) is 5.02 Å². The van der Waals surface area contributed by atoms with Crippen molar-refractivity contribution >= 4 is 11.6 Å². The van der Waals surface area contributed by atoms with Crippen LogP contribution in [0.15, 0.2) is 18.2 Å². The van der Waals surface area contributed by atoms with Gasteiger partial charge in [0.25, 0.3) is 0 Å². The molecule has 1 N–H and O–H groups in total. The summed E-state index contributed by atoms with van der Waals surface area (Å²) in [6.45, 7) is 3.29. The Kier molecular flexibility index (Phi) is 4.05. The van der Waals surface area contributed by atoms with E-state index < -0.39 is 0 Å². The van der Waals surface area contributed by atoms with Crippen molar-refractivity contribution in [2.24, 2.45) is 0 Å². The molecule has 1 aliphatic rings. The summed E-state index contributed by atoms with van der Waals surface area (Å²) >= 11 is 5.69. The monoisotopic (exact) mass is 255 g/mol. The second-order valence-corrected chi connectivity index (χ2v) is 5.63. The Bertz CT molecular complexity index is 384. The minimum absolute atomic E-state index is 0.0940. The summed E-state index contributed by atoms with van der Waals surface area (Å²) in [7, 11) is 0. The molecule has 1 unspecified atom stereocenters. The van der Waals surface area contributed by atoms with Crippen molar-refractivity contribution in [2.45, 2.75) is 44.6 Å². The predicted molar refractivity (Wildman–Crippen MR) is 70.0 cm³/mol. The lowest BCUT2D eigenvalue weighted by Crippen LogP contribution is -2.43. The van der Waals surface area contributed by atoms with Gasteiger partial charge in [-0.1, -0.05) is 30.5 Å². The highest BCUT2D eigenvalue weighted by Crippen LogP contribution is 2.24. The Morgan fingerprint density at radius 2 is 2.18 bits per heavy atom. The first-order chi connectivity index (χ1) is 8.09. The maximum Gasteiger partial charge on any atom is 0.142 e. The molecule has 0 spiro atoms. The van der Waals surface area contributed by atoms with Crippen molar-refractivity contribution in [1.82, 2.24) is 5.32 Å². The first-order valence-electron chi connectivity index (χ1n) is 6.28. The van der Waals surface area contributed by atoms with Gasteiger partial charge in [0.05, 0.1) is 5.02 Å². The third-order valence-electron chi connectivity index (χ3n) is 3.54. The molecule has 0 aliphatic carbocycles. The van der Waals surface area contributed by atoms with E-state index in [0.717, 1.165) is 24.9 Å². The SMILES string of the molecule is CC1(Cc2ccc(Cl)c(F)c2)CCCCCN1. The highest BCUT2D eigenvalue weighted by molar-refractivity contribution is 6.30. The predicted octanol–water partition coefficient (Wildman–Crippen LogP) is 3.94. The van der Waals surface area contributed by atoms with E-state index >= 15 is 0 Å². The number of benzene rings is 1. The lowest BCUT2D eigenvalue weighted by molar-refractivity contribution is 0.345. The molecule has 1 nitrogen and oxygen atoms in total. The molecule has 1 aliphatic heterocycles. The van der Waals surface area contributed by atoms with Crippen LogP contribution >= 0.6 is 11.6 Å². The molecule has 1 fully saturated rings. The van der Waals surface area contributed by atoms with Gasteiger partial charge in [-0.3, -0.25) is 0 Å². The Morgan fingerprint density at radius 1 is 1.35 bits per heavy atom. The molecule has 0 bridgehead atoms. The van der Waals surface area contributed by atoms with E-state index in [2.05, 4.69) is 12.2 Å². The summed E-state index contributed by atoms with van der Waals surface area (Å²) in [6.07, 6.45) is 5.79. The number of halogens is 2. The fourth-order valence-corrected chi connectivity index (χ4v) is 2.66. The molecule has 17 heavy (non-hydrogen) atoms. The molecule has 1 heterocycles. The smallest absolute Gasteiger partial charge is 0.142 e. The van der Waals surface area contributed by atoms with E-state index in [9.17, 15) is 4.39 Å². The van der Waals surface area contributed by atoms with Gasteiger partial charge in [-0.15, -0.1) is 0 Å².